The molecule has 0 spiro atoms. The molecule has 208 valence electrons. The topological polar surface area (TPSA) is 63.4 Å². The average molecular weight is 558 g/mol. The van der Waals surface area contributed by atoms with E-state index in [1.807, 2.05) is 75.7 Å². The molecule has 4 aromatic rings. The fourth-order valence-corrected chi connectivity index (χ4v) is 6.54. The van der Waals surface area contributed by atoms with Crippen LogP contribution in [0.3, 0.4) is 0 Å². The van der Waals surface area contributed by atoms with Gasteiger partial charge in [-0.1, -0.05) is 35.9 Å². The summed E-state index contributed by atoms with van der Waals surface area (Å²) in [6.45, 7) is 6.71. The molecule has 0 aliphatic carbocycles. The molecule has 8 heteroatoms. The van der Waals surface area contributed by atoms with Crippen LogP contribution in [-0.2, 0) is 17.9 Å². The van der Waals surface area contributed by atoms with Crippen molar-refractivity contribution in [3.63, 3.8) is 0 Å². The van der Waals surface area contributed by atoms with Gasteiger partial charge >= 0.3 is 5.69 Å². The summed E-state index contributed by atoms with van der Waals surface area (Å²) in [5, 5.41) is 0.686. The number of aryl methyl sites for hydroxylation is 1. The molecule has 0 radical (unpaired) electrons. The minimum Gasteiger partial charge on any atom is -0.342 e. The Balaban J connectivity index is 1.09. The number of fused-ring (bicyclic) bond motifs is 1. The Morgan fingerprint density at radius 3 is 2.27 bits per heavy atom. The van der Waals surface area contributed by atoms with E-state index in [1.54, 1.807) is 0 Å². The van der Waals surface area contributed by atoms with Gasteiger partial charge in [0.25, 0.3) is 0 Å². The summed E-state index contributed by atoms with van der Waals surface area (Å²) >= 11 is 6.07. The van der Waals surface area contributed by atoms with Crippen LogP contribution in [0.5, 0.6) is 0 Å². The highest BCUT2D eigenvalue weighted by molar-refractivity contribution is 6.30. The fourth-order valence-electron chi connectivity index (χ4n) is 6.41. The summed E-state index contributed by atoms with van der Waals surface area (Å²) in [4.78, 5) is 35.9. The zero-order chi connectivity index (χ0) is 27.6. The third-order valence-corrected chi connectivity index (χ3v) is 8.82. The van der Waals surface area contributed by atoms with Gasteiger partial charge in [-0.05, 0) is 93.2 Å². The molecule has 0 saturated carbocycles. The molecule has 0 N–H and O–H groups in total. The van der Waals surface area contributed by atoms with E-state index in [-0.39, 0.29) is 23.6 Å². The number of hydrogen-bond acceptors (Lipinski definition) is 4. The van der Waals surface area contributed by atoms with Crippen LogP contribution in [0.15, 0.2) is 71.7 Å². The highest BCUT2D eigenvalue weighted by atomic mass is 35.5. The van der Waals surface area contributed by atoms with Crippen molar-refractivity contribution < 1.29 is 4.79 Å². The number of amides is 1. The van der Waals surface area contributed by atoms with Crippen molar-refractivity contribution in [3.05, 3.63) is 99.2 Å². The zero-order valence-corrected chi connectivity index (χ0v) is 23.8. The second kappa shape index (κ2) is 11.6. The Kier molecular flexibility index (Phi) is 7.76. The molecule has 0 unspecified atom stereocenters. The molecule has 4 heterocycles. The van der Waals surface area contributed by atoms with Gasteiger partial charge in [-0.2, -0.15) is 0 Å². The number of hydrogen-bond donors (Lipinski definition) is 0. The molecule has 2 aromatic heterocycles. The largest absolute Gasteiger partial charge is 0.342 e. The lowest BCUT2D eigenvalue weighted by molar-refractivity contribution is -0.138. The van der Waals surface area contributed by atoms with Gasteiger partial charge in [-0.3, -0.25) is 23.8 Å². The van der Waals surface area contributed by atoms with Gasteiger partial charge in [-0.25, -0.2) is 4.79 Å². The van der Waals surface area contributed by atoms with Crippen LogP contribution in [0.1, 0.15) is 48.5 Å². The molecule has 2 aliphatic rings. The number of carbonyl (C=O) groups excluding carboxylic acids is 1. The van der Waals surface area contributed by atoms with Gasteiger partial charge < -0.3 is 4.90 Å². The van der Waals surface area contributed by atoms with Crippen LogP contribution in [0.2, 0.25) is 5.02 Å². The van der Waals surface area contributed by atoms with Crippen molar-refractivity contribution in [1.82, 2.24) is 23.9 Å². The predicted molar refractivity (Wildman–Crippen MR) is 159 cm³/mol. The maximum atomic E-state index is 13.7. The maximum absolute atomic E-state index is 13.7. The number of benzene rings is 2. The van der Waals surface area contributed by atoms with E-state index in [4.69, 9.17) is 11.6 Å². The van der Waals surface area contributed by atoms with Crippen molar-refractivity contribution >= 4 is 28.5 Å². The van der Waals surface area contributed by atoms with E-state index in [0.29, 0.717) is 24.7 Å². The molecule has 0 bridgehead atoms. The molecule has 2 fully saturated rings. The van der Waals surface area contributed by atoms with Crippen LogP contribution >= 0.6 is 11.6 Å². The third-order valence-electron chi connectivity index (χ3n) is 8.57. The van der Waals surface area contributed by atoms with Crippen molar-refractivity contribution in [1.29, 1.82) is 0 Å². The van der Waals surface area contributed by atoms with Crippen molar-refractivity contribution in [3.8, 4) is 0 Å². The van der Waals surface area contributed by atoms with Gasteiger partial charge in [0, 0.05) is 48.5 Å². The number of likely N-dealkylation sites (tertiary alicyclic amines) is 2. The minimum absolute atomic E-state index is 0.0117. The Morgan fingerprint density at radius 2 is 1.57 bits per heavy atom. The van der Waals surface area contributed by atoms with Gasteiger partial charge in [0.2, 0.25) is 5.91 Å². The zero-order valence-electron chi connectivity index (χ0n) is 23.0. The highest BCUT2D eigenvalue weighted by Gasteiger charge is 2.32. The van der Waals surface area contributed by atoms with E-state index in [0.717, 1.165) is 67.6 Å². The Bertz CT molecular complexity index is 1540. The Morgan fingerprint density at radius 1 is 0.875 bits per heavy atom. The number of carbonyl (C=O) groups is 1. The van der Waals surface area contributed by atoms with Gasteiger partial charge in [0.15, 0.2) is 0 Å². The van der Waals surface area contributed by atoms with Crippen LogP contribution in [-0.4, -0.2) is 56.0 Å². The van der Waals surface area contributed by atoms with Gasteiger partial charge in [0.1, 0.15) is 0 Å². The number of aromatic nitrogens is 3. The lowest BCUT2D eigenvalue weighted by Crippen LogP contribution is -2.46. The Labute approximate surface area is 240 Å². The maximum Gasteiger partial charge on any atom is 0.329 e. The molecule has 2 saturated heterocycles. The molecule has 2 aromatic carbocycles. The average Bonchev–Trinajstić information content (AvgIpc) is 3.25. The number of halogens is 1. The molecule has 2 aliphatic heterocycles. The number of para-hydroxylation sites is 2. The van der Waals surface area contributed by atoms with Crippen molar-refractivity contribution in [2.75, 3.05) is 26.2 Å². The number of rotatable bonds is 6. The minimum atomic E-state index is 0.0117. The standard InChI is InChI=1S/C32H36ClN5O2/c1-23-20-25(10-15-34-23)21-35-16-11-26(12-17-35)31(39)36-18-13-28(14-19-36)38-30-5-3-2-4-29(30)37(32(38)40)22-24-6-8-27(33)9-7-24/h2-10,15,20,26,28H,11-14,16-19,21-22H2,1H3. The fraction of sp³-hybridized carbons (Fsp3) is 0.406. The van der Waals surface area contributed by atoms with E-state index < -0.39 is 0 Å². The number of piperidine rings is 2. The van der Waals surface area contributed by atoms with Crippen LogP contribution < -0.4 is 5.69 Å². The smallest absolute Gasteiger partial charge is 0.329 e. The van der Waals surface area contributed by atoms with Crippen molar-refractivity contribution in [2.24, 2.45) is 5.92 Å². The molecule has 6 rings (SSSR count). The lowest BCUT2D eigenvalue weighted by atomic mass is 9.93. The van der Waals surface area contributed by atoms with Gasteiger partial charge in [0.05, 0.1) is 17.6 Å². The predicted octanol–water partition coefficient (Wildman–Crippen LogP) is 5.28. The normalized spacial score (nSPS) is 17.5. The molecular formula is C32H36ClN5O2. The van der Waals surface area contributed by atoms with E-state index in [1.165, 1.54) is 5.56 Å². The van der Waals surface area contributed by atoms with Crippen LogP contribution in [0, 0.1) is 12.8 Å². The lowest BCUT2D eigenvalue weighted by Gasteiger charge is -2.37. The molecular weight excluding hydrogens is 522 g/mol. The second-order valence-electron chi connectivity index (χ2n) is 11.3. The summed E-state index contributed by atoms with van der Waals surface area (Å²) in [6.07, 6.45) is 5.26. The van der Waals surface area contributed by atoms with E-state index in [9.17, 15) is 9.59 Å². The second-order valence-corrected chi connectivity index (χ2v) is 11.7. The summed E-state index contributed by atoms with van der Waals surface area (Å²) in [5.74, 6) is 0.381. The summed E-state index contributed by atoms with van der Waals surface area (Å²) in [5.41, 5.74) is 5.27. The quantitative estimate of drug-likeness (QED) is 0.323. The van der Waals surface area contributed by atoms with E-state index in [2.05, 4.69) is 22.0 Å². The first-order valence-corrected chi connectivity index (χ1v) is 14.7. The van der Waals surface area contributed by atoms with Gasteiger partial charge in [-0.15, -0.1) is 0 Å². The Hall–Kier alpha value is -3.42. The number of pyridine rings is 1. The summed E-state index contributed by atoms with van der Waals surface area (Å²) in [6, 6.07) is 20.0. The molecule has 1 amide bonds. The monoisotopic (exact) mass is 557 g/mol. The van der Waals surface area contributed by atoms with Crippen LogP contribution in [0.4, 0.5) is 0 Å². The SMILES string of the molecule is Cc1cc(CN2CCC(C(=O)N3CCC(n4c(=O)n(Cc5ccc(Cl)cc5)c5ccccc54)CC3)CC2)ccn1. The first-order chi connectivity index (χ1) is 19.5. The van der Waals surface area contributed by atoms with Crippen molar-refractivity contribution in [2.45, 2.75) is 51.7 Å². The first-order valence-electron chi connectivity index (χ1n) is 14.3. The first kappa shape index (κ1) is 26.8. The van der Waals surface area contributed by atoms with E-state index >= 15 is 0 Å². The highest BCUT2D eigenvalue weighted by Crippen LogP contribution is 2.29. The summed E-state index contributed by atoms with van der Waals surface area (Å²) in [7, 11) is 0. The number of imidazole rings is 1. The molecule has 0 atom stereocenters. The number of nitrogens with zero attached hydrogens (tertiary/aromatic N) is 5. The van der Waals surface area contributed by atoms with Crippen LogP contribution in [0.25, 0.3) is 11.0 Å². The summed E-state index contributed by atoms with van der Waals surface area (Å²) < 4.78 is 3.82. The third kappa shape index (κ3) is 5.58. The molecule has 40 heavy (non-hydrogen) atoms. The molecule has 7 nitrogen and oxygen atoms in total.